The van der Waals surface area contributed by atoms with Gasteiger partial charge in [-0.3, -0.25) is 0 Å². The van der Waals surface area contributed by atoms with E-state index in [0.717, 1.165) is 5.69 Å². The van der Waals surface area contributed by atoms with Crippen LogP contribution in [-0.2, 0) is 6.61 Å². The summed E-state index contributed by atoms with van der Waals surface area (Å²) in [6, 6.07) is 5.09. The molecule has 0 aliphatic rings. The molecule has 1 aromatic carbocycles. The Hall–Kier alpha value is -0.840. The van der Waals surface area contributed by atoms with Crippen molar-refractivity contribution in [1.29, 1.82) is 0 Å². The van der Waals surface area contributed by atoms with Crippen LogP contribution < -0.4 is 4.74 Å². The predicted octanol–water partition coefficient (Wildman–Crippen LogP) is 3.42. The van der Waals surface area contributed by atoms with Crippen LogP contribution >= 0.6 is 34.7 Å². The minimum Gasteiger partial charge on any atom is -0.486 e. The maximum atomic E-state index is 5.93. The van der Waals surface area contributed by atoms with Crippen LogP contribution in [0.15, 0.2) is 23.6 Å². The third-order valence-corrected chi connectivity index (χ3v) is 2.76. The molecule has 0 saturated carbocycles. The maximum absolute atomic E-state index is 5.93. The van der Waals surface area contributed by atoms with Crippen molar-refractivity contribution in [3.8, 4) is 5.75 Å². The van der Waals surface area contributed by atoms with Crippen molar-refractivity contribution in [3.63, 3.8) is 0 Å². The van der Waals surface area contributed by atoms with Crippen LogP contribution in [0.2, 0.25) is 10.0 Å². The summed E-state index contributed by atoms with van der Waals surface area (Å²) in [6.07, 6.45) is 0. The molecule has 0 aliphatic carbocycles. The Labute approximate surface area is 101 Å². The summed E-state index contributed by atoms with van der Waals surface area (Å²) < 4.78 is 9.18. The minimum atomic E-state index is 0.359. The maximum Gasteiger partial charge on any atom is 0.138 e. The highest BCUT2D eigenvalue weighted by molar-refractivity contribution is 7.03. The van der Waals surface area contributed by atoms with Crippen molar-refractivity contribution in [2.24, 2.45) is 0 Å². The number of nitrogens with zero attached hydrogens (tertiary/aromatic N) is 2. The lowest BCUT2D eigenvalue weighted by atomic mass is 10.3. The fourth-order valence-corrected chi connectivity index (χ4v) is 1.89. The summed E-state index contributed by atoms with van der Waals surface area (Å²) in [4.78, 5) is 0. The molecule has 0 fully saturated rings. The third kappa shape index (κ3) is 2.81. The number of hydrogen-bond acceptors (Lipinski definition) is 4. The molecule has 0 amide bonds. The van der Waals surface area contributed by atoms with Crippen molar-refractivity contribution in [1.82, 2.24) is 9.59 Å². The second kappa shape index (κ2) is 4.79. The van der Waals surface area contributed by atoms with Crippen LogP contribution in [-0.4, -0.2) is 9.59 Å². The molecule has 2 rings (SSSR count). The van der Waals surface area contributed by atoms with Gasteiger partial charge in [0.15, 0.2) is 0 Å². The van der Waals surface area contributed by atoms with Gasteiger partial charge in [0.2, 0.25) is 0 Å². The Bertz CT molecular complexity index is 447. The molecule has 6 heteroatoms. The van der Waals surface area contributed by atoms with Gasteiger partial charge in [-0.2, -0.15) is 0 Å². The Morgan fingerprint density at radius 3 is 2.87 bits per heavy atom. The first-order chi connectivity index (χ1) is 7.25. The highest BCUT2D eigenvalue weighted by Crippen LogP contribution is 2.27. The molecule has 0 atom stereocenters. The van der Waals surface area contributed by atoms with Gasteiger partial charge >= 0.3 is 0 Å². The standard InChI is InChI=1S/C9H6Cl2N2OS/c10-6-1-2-9(8(11)3-6)14-4-7-5-15-13-12-7/h1-3,5H,4H2. The van der Waals surface area contributed by atoms with E-state index in [0.29, 0.717) is 22.4 Å². The number of aromatic nitrogens is 2. The second-order valence-electron chi connectivity index (χ2n) is 2.76. The highest BCUT2D eigenvalue weighted by atomic mass is 35.5. The summed E-state index contributed by atoms with van der Waals surface area (Å²) in [5, 5.41) is 6.75. The van der Waals surface area contributed by atoms with Gasteiger partial charge < -0.3 is 4.74 Å². The lowest BCUT2D eigenvalue weighted by Crippen LogP contribution is -1.96. The topological polar surface area (TPSA) is 35.0 Å². The van der Waals surface area contributed by atoms with Crippen LogP contribution in [0, 0.1) is 0 Å². The summed E-state index contributed by atoms with van der Waals surface area (Å²) in [5.74, 6) is 0.592. The van der Waals surface area contributed by atoms with Crippen LogP contribution in [0.1, 0.15) is 5.69 Å². The zero-order valence-electron chi connectivity index (χ0n) is 7.48. The fraction of sp³-hybridized carbons (Fsp3) is 0.111. The van der Waals surface area contributed by atoms with E-state index in [2.05, 4.69) is 9.59 Å². The largest absolute Gasteiger partial charge is 0.486 e. The van der Waals surface area contributed by atoms with E-state index < -0.39 is 0 Å². The summed E-state index contributed by atoms with van der Waals surface area (Å²) in [6.45, 7) is 0.359. The van der Waals surface area contributed by atoms with Crippen molar-refractivity contribution >= 4 is 34.7 Å². The lowest BCUT2D eigenvalue weighted by molar-refractivity contribution is 0.301. The van der Waals surface area contributed by atoms with Gasteiger partial charge in [0.1, 0.15) is 18.1 Å². The molecule has 1 aromatic heterocycles. The molecule has 0 unspecified atom stereocenters. The molecule has 1 heterocycles. The molecule has 0 bridgehead atoms. The van der Waals surface area contributed by atoms with Gasteiger partial charge in [-0.1, -0.05) is 27.7 Å². The van der Waals surface area contributed by atoms with E-state index in [1.165, 1.54) is 11.5 Å². The van der Waals surface area contributed by atoms with Gasteiger partial charge in [0, 0.05) is 10.4 Å². The van der Waals surface area contributed by atoms with Crippen molar-refractivity contribution in [2.45, 2.75) is 6.61 Å². The van der Waals surface area contributed by atoms with Crippen molar-refractivity contribution < 1.29 is 4.74 Å². The molecule has 78 valence electrons. The monoisotopic (exact) mass is 260 g/mol. The first kappa shape index (κ1) is 10.7. The zero-order valence-corrected chi connectivity index (χ0v) is 9.81. The first-order valence-corrected chi connectivity index (χ1v) is 5.69. The molecule has 2 aromatic rings. The summed E-state index contributed by atoms with van der Waals surface area (Å²) in [5.41, 5.74) is 0.783. The smallest absolute Gasteiger partial charge is 0.138 e. The normalized spacial score (nSPS) is 10.3. The number of benzene rings is 1. The quantitative estimate of drug-likeness (QED) is 0.849. The lowest BCUT2D eigenvalue weighted by Gasteiger charge is -2.05. The van der Waals surface area contributed by atoms with E-state index >= 15 is 0 Å². The van der Waals surface area contributed by atoms with Gasteiger partial charge in [0.05, 0.1) is 5.02 Å². The van der Waals surface area contributed by atoms with E-state index in [4.69, 9.17) is 27.9 Å². The molecular weight excluding hydrogens is 255 g/mol. The first-order valence-electron chi connectivity index (χ1n) is 4.09. The van der Waals surface area contributed by atoms with Gasteiger partial charge in [0.25, 0.3) is 0 Å². The van der Waals surface area contributed by atoms with Crippen molar-refractivity contribution in [3.05, 3.63) is 39.3 Å². The predicted molar refractivity (Wildman–Crippen MR) is 60.7 cm³/mol. The average Bonchev–Trinajstić information content (AvgIpc) is 2.69. The highest BCUT2D eigenvalue weighted by Gasteiger charge is 2.03. The fourth-order valence-electron chi connectivity index (χ4n) is 0.991. The van der Waals surface area contributed by atoms with Crippen molar-refractivity contribution in [2.75, 3.05) is 0 Å². The van der Waals surface area contributed by atoms with E-state index in [-0.39, 0.29) is 0 Å². The number of halogens is 2. The van der Waals surface area contributed by atoms with Crippen LogP contribution in [0.4, 0.5) is 0 Å². The molecular formula is C9H6Cl2N2OS. The SMILES string of the molecule is Clc1ccc(OCc2csnn2)c(Cl)c1. The van der Waals surface area contributed by atoms with E-state index in [1.807, 2.05) is 5.38 Å². The number of rotatable bonds is 3. The number of hydrogen-bond donors (Lipinski definition) is 0. The van der Waals surface area contributed by atoms with Crippen LogP contribution in [0.25, 0.3) is 0 Å². The van der Waals surface area contributed by atoms with Crippen LogP contribution in [0.5, 0.6) is 5.75 Å². The summed E-state index contributed by atoms with van der Waals surface area (Å²) in [7, 11) is 0. The summed E-state index contributed by atoms with van der Waals surface area (Å²) >= 11 is 13.0. The average molecular weight is 261 g/mol. The Balaban J connectivity index is 2.05. The molecule has 0 spiro atoms. The molecule has 15 heavy (non-hydrogen) atoms. The van der Waals surface area contributed by atoms with E-state index in [1.54, 1.807) is 18.2 Å². The van der Waals surface area contributed by atoms with Gasteiger partial charge in [-0.15, -0.1) is 5.10 Å². The van der Waals surface area contributed by atoms with Gasteiger partial charge in [-0.05, 0) is 29.7 Å². The molecule has 0 saturated heterocycles. The number of ether oxygens (including phenoxy) is 1. The Kier molecular flexibility index (Phi) is 3.41. The molecule has 3 nitrogen and oxygen atoms in total. The van der Waals surface area contributed by atoms with Crippen LogP contribution in [0.3, 0.4) is 0 Å². The third-order valence-electron chi connectivity index (χ3n) is 1.67. The zero-order chi connectivity index (χ0) is 10.7. The molecule has 0 N–H and O–H groups in total. The Morgan fingerprint density at radius 1 is 1.33 bits per heavy atom. The Morgan fingerprint density at radius 2 is 2.20 bits per heavy atom. The van der Waals surface area contributed by atoms with Gasteiger partial charge in [-0.25, -0.2) is 0 Å². The van der Waals surface area contributed by atoms with E-state index in [9.17, 15) is 0 Å². The molecule has 0 aliphatic heterocycles. The minimum absolute atomic E-state index is 0.359. The molecule has 0 radical (unpaired) electrons. The second-order valence-corrected chi connectivity index (χ2v) is 4.21.